The second kappa shape index (κ2) is 20.2. The van der Waals surface area contributed by atoms with E-state index in [-0.39, 0.29) is 56.7 Å². The topological polar surface area (TPSA) is 180 Å². The number of halogens is 3. The summed E-state index contributed by atoms with van der Waals surface area (Å²) in [6, 6.07) is 6.22. The maximum absolute atomic E-state index is 15.3. The van der Waals surface area contributed by atoms with Crippen LogP contribution in [-0.2, 0) is 34.3 Å². The Hall–Kier alpha value is -4.87. The minimum absolute atomic E-state index is 0.0259. The molecule has 3 aliphatic rings. The van der Waals surface area contributed by atoms with E-state index >= 15 is 18.1 Å². The molecule has 0 spiro atoms. The Morgan fingerprint density at radius 1 is 1.12 bits per heavy atom. The zero-order valence-corrected chi connectivity index (χ0v) is 40.4. The highest BCUT2D eigenvalue weighted by molar-refractivity contribution is 7.60. The van der Waals surface area contributed by atoms with Crippen LogP contribution >= 0.6 is 30.3 Å². The summed E-state index contributed by atoms with van der Waals surface area (Å²) >= 11 is 8.28. The van der Waals surface area contributed by atoms with Crippen molar-refractivity contribution in [2.24, 2.45) is 5.92 Å². The number of anilines is 1. The van der Waals surface area contributed by atoms with Gasteiger partial charge in [0.15, 0.2) is 5.13 Å². The SMILES string of the molecule is CCOP(=O)(Cc1c(F)cccc1F)[C@@]12C[C@@H]1CCOC/C=C/CC(NC(=O)OC(C)(C)C)C(=O)N1C[C@H](Oc3cc(-c4csc(NC(C)C)n4)nc4c(Cl)c(OC)ccc34)C[C@H]1C(=O)N2. The largest absolute Gasteiger partial charge is 0.495 e. The van der Waals surface area contributed by atoms with E-state index in [0.29, 0.717) is 45.3 Å². The lowest BCUT2D eigenvalue weighted by atomic mass is 10.1. The van der Waals surface area contributed by atoms with Crippen LogP contribution in [0.1, 0.15) is 72.8 Å². The summed E-state index contributed by atoms with van der Waals surface area (Å²) < 4.78 is 75.4. The fourth-order valence-electron chi connectivity index (χ4n) is 8.41. The zero-order valence-electron chi connectivity index (χ0n) is 38.0. The number of methoxy groups -OCH3 is 1. The summed E-state index contributed by atoms with van der Waals surface area (Å²) in [5.41, 5.74) is 0.0587. The highest BCUT2D eigenvalue weighted by atomic mass is 35.5. The number of rotatable bonds is 12. The van der Waals surface area contributed by atoms with Crippen LogP contribution in [0.2, 0.25) is 5.02 Å². The van der Waals surface area contributed by atoms with Gasteiger partial charge in [-0.05, 0) is 91.0 Å². The van der Waals surface area contributed by atoms with Crippen LogP contribution in [0.25, 0.3) is 22.3 Å². The van der Waals surface area contributed by atoms with E-state index in [1.54, 1.807) is 58.0 Å². The van der Waals surface area contributed by atoms with Crippen LogP contribution in [-0.4, -0.2) is 101 Å². The molecular formula is C46H56ClF2N6O9PS. The fourth-order valence-corrected chi connectivity index (χ4v) is 12.8. The average Bonchev–Trinajstić information content (AvgIpc) is 3.51. The molecule has 3 amide bonds. The Labute approximate surface area is 391 Å². The molecule has 20 heteroatoms. The Bertz CT molecular complexity index is 2520. The van der Waals surface area contributed by atoms with Gasteiger partial charge in [0.25, 0.3) is 0 Å². The van der Waals surface area contributed by atoms with E-state index < -0.39 is 83.6 Å². The second-order valence-electron chi connectivity index (χ2n) is 17.8. The number of fused-ring (bicyclic) bond motifs is 3. The molecule has 0 radical (unpaired) electrons. The first-order valence-electron chi connectivity index (χ1n) is 21.9. The smallest absolute Gasteiger partial charge is 0.408 e. The van der Waals surface area contributed by atoms with Crippen molar-refractivity contribution in [3.63, 3.8) is 0 Å². The van der Waals surface area contributed by atoms with Gasteiger partial charge in [-0.15, -0.1) is 11.3 Å². The number of hydrogen-bond donors (Lipinski definition) is 3. The van der Waals surface area contributed by atoms with Gasteiger partial charge in [0.1, 0.15) is 62.9 Å². The Morgan fingerprint density at radius 3 is 2.58 bits per heavy atom. The molecule has 4 heterocycles. The van der Waals surface area contributed by atoms with Gasteiger partial charge in [-0.3, -0.25) is 14.2 Å². The number of alkyl carbamates (subject to hydrolysis) is 1. The van der Waals surface area contributed by atoms with Crippen LogP contribution in [0, 0.1) is 17.6 Å². The molecule has 15 nitrogen and oxygen atoms in total. The Balaban J connectivity index is 1.29. The minimum atomic E-state index is -4.16. The van der Waals surface area contributed by atoms with E-state index in [4.69, 9.17) is 45.0 Å². The molecule has 2 aliphatic heterocycles. The van der Waals surface area contributed by atoms with Crippen molar-refractivity contribution in [2.45, 2.75) is 108 Å². The minimum Gasteiger partial charge on any atom is -0.495 e. The first kappa shape index (κ1) is 49.0. The van der Waals surface area contributed by atoms with Crippen molar-refractivity contribution in [1.29, 1.82) is 0 Å². The van der Waals surface area contributed by atoms with E-state index in [1.165, 1.54) is 29.4 Å². The van der Waals surface area contributed by atoms with Gasteiger partial charge in [-0.25, -0.2) is 23.5 Å². The van der Waals surface area contributed by atoms with Crippen molar-refractivity contribution in [3.8, 4) is 22.9 Å². The molecule has 2 aromatic carbocycles. The van der Waals surface area contributed by atoms with Crippen molar-refractivity contribution >= 4 is 64.2 Å². The molecule has 2 fully saturated rings. The number of benzene rings is 2. The third-order valence-electron chi connectivity index (χ3n) is 11.5. The van der Waals surface area contributed by atoms with Gasteiger partial charge in [-0.1, -0.05) is 29.8 Å². The predicted octanol–water partition coefficient (Wildman–Crippen LogP) is 9.07. The molecule has 4 aromatic rings. The summed E-state index contributed by atoms with van der Waals surface area (Å²) in [6.45, 7) is 10.9. The van der Waals surface area contributed by atoms with Crippen LogP contribution in [0.15, 0.2) is 53.9 Å². The summed E-state index contributed by atoms with van der Waals surface area (Å²) in [4.78, 5) is 54.1. The summed E-state index contributed by atoms with van der Waals surface area (Å²) in [6.07, 6.45) is 1.59. The monoisotopic (exact) mass is 972 g/mol. The quantitative estimate of drug-likeness (QED) is 0.0907. The number of thiazole rings is 1. The number of aromatic nitrogens is 2. The molecule has 7 rings (SSSR count). The molecule has 3 N–H and O–H groups in total. The number of nitrogens with zero attached hydrogens (tertiary/aromatic N) is 3. The molecular weight excluding hydrogens is 917 g/mol. The molecule has 2 unspecified atom stereocenters. The van der Waals surface area contributed by atoms with Crippen molar-refractivity contribution in [1.82, 2.24) is 25.5 Å². The van der Waals surface area contributed by atoms with Gasteiger partial charge in [0, 0.05) is 41.5 Å². The summed E-state index contributed by atoms with van der Waals surface area (Å²) in [5.74, 6) is -2.84. The lowest BCUT2D eigenvalue weighted by Gasteiger charge is -2.33. The number of amides is 3. The van der Waals surface area contributed by atoms with E-state index in [1.807, 2.05) is 19.2 Å². The summed E-state index contributed by atoms with van der Waals surface area (Å²) in [7, 11) is -2.67. The molecule has 1 aliphatic carbocycles. The highest BCUT2D eigenvalue weighted by Crippen LogP contribution is 2.74. The molecule has 0 bridgehead atoms. The van der Waals surface area contributed by atoms with Gasteiger partial charge in [-0.2, -0.15) is 0 Å². The van der Waals surface area contributed by atoms with Gasteiger partial charge >= 0.3 is 6.09 Å². The highest BCUT2D eigenvalue weighted by Gasteiger charge is 2.67. The van der Waals surface area contributed by atoms with E-state index in [0.717, 1.165) is 12.1 Å². The van der Waals surface area contributed by atoms with Gasteiger partial charge < -0.3 is 44.3 Å². The van der Waals surface area contributed by atoms with Crippen molar-refractivity contribution in [3.05, 3.63) is 76.2 Å². The lowest BCUT2D eigenvalue weighted by molar-refractivity contribution is -0.140. The maximum atomic E-state index is 15.3. The van der Waals surface area contributed by atoms with Crippen LogP contribution in [0.5, 0.6) is 11.5 Å². The van der Waals surface area contributed by atoms with E-state index in [9.17, 15) is 9.59 Å². The van der Waals surface area contributed by atoms with E-state index in [2.05, 4.69) is 16.0 Å². The molecule has 1 saturated heterocycles. The van der Waals surface area contributed by atoms with Crippen LogP contribution in [0.3, 0.4) is 0 Å². The molecule has 6 atom stereocenters. The molecule has 1 saturated carbocycles. The third-order valence-corrected chi connectivity index (χ3v) is 15.9. The number of carbonyl (C=O) groups excluding carboxylic acids is 3. The standard InChI is InChI=1S/C46H56ClF2N6O9PS/c1-8-62-65(59,24-30-31(48)12-11-13-32(30)49)46-22-27(46)17-19-61-18-10-9-14-33(53-44(58)64-45(4,5)6)42(57)55-23-28(20-36(55)41(56)54-46)63-38-21-34(35-25-66-43(52-35)50-26(2)3)51-40-29(38)15-16-37(60-7)39(40)47/h9-13,15-16,21,25-28,33,36H,8,14,17-20,22-24H2,1-7H3,(H,50,52)(H,53,58)(H,54,56)/b10-9+/t27-,28+,33?,36-,46-,65?/m0/s1. The van der Waals surface area contributed by atoms with Gasteiger partial charge in [0.2, 0.25) is 19.2 Å². The van der Waals surface area contributed by atoms with Crippen molar-refractivity contribution in [2.75, 3.05) is 38.8 Å². The molecule has 66 heavy (non-hydrogen) atoms. The normalized spacial score (nSPS) is 24.0. The average molecular weight is 973 g/mol. The number of nitrogens with one attached hydrogen (secondary N) is 3. The third kappa shape index (κ3) is 10.8. The molecule has 2 aromatic heterocycles. The number of pyridine rings is 1. The summed E-state index contributed by atoms with van der Waals surface area (Å²) in [5, 5.41) is 10.8. The number of hydrogen-bond acceptors (Lipinski definition) is 13. The Morgan fingerprint density at radius 2 is 1.88 bits per heavy atom. The maximum Gasteiger partial charge on any atom is 0.408 e. The van der Waals surface area contributed by atoms with Crippen LogP contribution in [0.4, 0.5) is 18.7 Å². The Kier molecular flexibility index (Phi) is 15.0. The number of carbonyl (C=O) groups is 3. The first-order valence-corrected chi connectivity index (χ1v) is 25.0. The fraction of sp³-hybridized carbons (Fsp3) is 0.500. The molecule has 356 valence electrons. The first-order chi connectivity index (χ1) is 31.3. The lowest BCUT2D eigenvalue weighted by Crippen LogP contribution is -2.55. The second-order valence-corrected chi connectivity index (χ2v) is 21.8. The van der Waals surface area contributed by atoms with Gasteiger partial charge in [0.05, 0.1) is 44.2 Å². The predicted molar refractivity (Wildman–Crippen MR) is 248 cm³/mol. The van der Waals surface area contributed by atoms with Crippen molar-refractivity contribution < 1.29 is 51.2 Å². The number of ether oxygens (including phenoxy) is 4. The zero-order chi connectivity index (χ0) is 47.6. The van der Waals surface area contributed by atoms with Crippen LogP contribution < -0.4 is 25.4 Å².